The van der Waals surface area contributed by atoms with E-state index in [1.165, 1.54) is 0 Å². The minimum absolute atomic E-state index is 0.0303. The summed E-state index contributed by atoms with van der Waals surface area (Å²) in [6.45, 7) is 11.4. The lowest BCUT2D eigenvalue weighted by molar-refractivity contribution is -0.126. The smallest absolute Gasteiger partial charge is 0.253 e. The Morgan fingerprint density at radius 3 is 2.32 bits per heavy atom. The van der Waals surface area contributed by atoms with Gasteiger partial charge in [-0.15, -0.1) is 6.58 Å². The van der Waals surface area contributed by atoms with Crippen LogP contribution in [0.2, 0.25) is 0 Å². The van der Waals surface area contributed by atoms with Crippen molar-refractivity contribution in [3.8, 4) is 0 Å². The normalized spacial score (nSPS) is 11.6. The van der Waals surface area contributed by atoms with Crippen LogP contribution in [0.15, 0.2) is 36.9 Å². The molecule has 0 aliphatic rings. The van der Waals surface area contributed by atoms with E-state index < -0.39 is 6.10 Å². The number of anilines is 1. The van der Waals surface area contributed by atoms with Crippen LogP contribution in [0.5, 0.6) is 0 Å². The average Bonchev–Trinajstić information content (AvgIpc) is 2.61. The summed E-state index contributed by atoms with van der Waals surface area (Å²) in [5.74, 6) is -0.176. The van der Waals surface area contributed by atoms with Crippen molar-refractivity contribution in [2.45, 2.75) is 46.1 Å². The molecule has 5 nitrogen and oxygen atoms in total. The van der Waals surface area contributed by atoms with Crippen LogP contribution in [0.4, 0.5) is 5.69 Å². The fourth-order valence-corrected chi connectivity index (χ4v) is 2.38. The second-order valence-corrected chi connectivity index (χ2v) is 5.95. The summed E-state index contributed by atoms with van der Waals surface area (Å²) in [5, 5.41) is 2.80. The molecule has 2 amide bonds. The summed E-state index contributed by atoms with van der Waals surface area (Å²) in [6, 6.07) is 6.99. The van der Waals surface area contributed by atoms with Gasteiger partial charge >= 0.3 is 0 Å². The second-order valence-electron chi connectivity index (χ2n) is 5.95. The van der Waals surface area contributed by atoms with Gasteiger partial charge < -0.3 is 15.0 Å². The Bertz CT molecular complexity index is 549. The van der Waals surface area contributed by atoms with Gasteiger partial charge in [-0.05, 0) is 50.5 Å². The number of carbonyl (C=O) groups excluding carboxylic acids is 2. The third kappa shape index (κ3) is 7.10. The third-order valence-electron chi connectivity index (χ3n) is 3.73. The van der Waals surface area contributed by atoms with Gasteiger partial charge in [0.15, 0.2) is 0 Å². The van der Waals surface area contributed by atoms with Crippen LogP contribution >= 0.6 is 0 Å². The molecule has 0 aliphatic carbocycles. The van der Waals surface area contributed by atoms with Gasteiger partial charge in [-0.3, -0.25) is 9.59 Å². The molecule has 25 heavy (non-hydrogen) atoms. The third-order valence-corrected chi connectivity index (χ3v) is 3.73. The van der Waals surface area contributed by atoms with Crippen molar-refractivity contribution in [1.29, 1.82) is 0 Å². The zero-order chi connectivity index (χ0) is 18.7. The number of hydrogen-bond acceptors (Lipinski definition) is 3. The quantitative estimate of drug-likeness (QED) is 0.489. The number of nitrogens with one attached hydrogen (secondary N) is 1. The molecule has 0 radical (unpaired) electrons. The number of carbonyl (C=O) groups is 2. The Balaban J connectivity index is 2.64. The molecule has 1 N–H and O–H groups in total. The molecular formula is C20H30N2O3. The van der Waals surface area contributed by atoms with Crippen molar-refractivity contribution in [2.75, 3.05) is 25.0 Å². The lowest BCUT2D eigenvalue weighted by Crippen LogP contribution is -2.32. The van der Waals surface area contributed by atoms with Crippen molar-refractivity contribution < 1.29 is 14.3 Å². The molecule has 1 atom stereocenters. The van der Waals surface area contributed by atoms with E-state index in [1.807, 2.05) is 4.90 Å². The van der Waals surface area contributed by atoms with Gasteiger partial charge in [0, 0.05) is 24.3 Å². The van der Waals surface area contributed by atoms with Gasteiger partial charge in [0.2, 0.25) is 0 Å². The van der Waals surface area contributed by atoms with Crippen LogP contribution in [0.25, 0.3) is 0 Å². The van der Waals surface area contributed by atoms with E-state index in [0.29, 0.717) is 24.3 Å². The summed E-state index contributed by atoms with van der Waals surface area (Å²) in [6.07, 6.45) is 3.79. The van der Waals surface area contributed by atoms with Crippen molar-refractivity contribution in [1.82, 2.24) is 4.90 Å². The van der Waals surface area contributed by atoms with E-state index >= 15 is 0 Å². The number of amides is 2. The van der Waals surface area contributed by atoms with Gasteiger partial charge in [0.05, 0.1) is 6.61 Å². The highest BCUT2D eigenvalue weighted by Gasteiger charge is 2.16. The Morgan fingerprint density at radius 1 is 1.20 bits per heavy atom. The van der Waals surface area contributed by atoms with E-state index in [1.54, 1.807) is 37.3 Å². The molecule has 0 saturated heterocycles. The van der Waals surface area contributed by atoms with Crippen molar-refractivity contribution in [2.24, 2.45) is 0 Å². The molecule has 5 heteroatoms. The first-order chi connectivity index (χ1) is 12.0. The number of hydrogen-bond donors (Lipinski definition) is 1. The van der Waals surface area contributed by atoms with Crippen LogP contribution < -0.4 is 5.32 Å². The first kappa shape index (κ1) is 20.9. The molecule has 1 aromatic rings. The molecule has 1 unspecified atom stereocenters. The Hall–Kier alpha value is -2.14. The predicted octanol–water partition coefficient (Wildman–Crippen LogP) is 3.87. The highest BCUT2D eigenvalue weighted by atomic mass is 16.5. The van der Waals surface area contributed by atoms with Crippen LogP contribution in [0, 0.1) is 0 Å². The van der Waals surface area contributed by atoms with Crippen LogP contribution in [-0.2, 0) is 9.53 Å². The molecule has 0 bridgehead atoms. The predicted molar refractivity (Wildman–Crippen MR) is 102 cm³/mol. The molecule has 138 valence electrons. The zero-order valence-electron chi connectivity index (χ0n) is 15.6. The van der Waals surface area contributed by atoms with Crippen LogP contribution in [0.1, 0.15) is 50.4 Å². The Morgan fingerprint density at radius 2 is 1.80 bits per heavy atom. The molecule has 1 rings (SSSR count). The van der Waals surface area contributed by atoms with E-state index in [2.05, 4.69) is 25.7 Å². The topological polar surface area (TPSA) is 58.6 Å². The maximum atomic E-state index is 12.5. The van der Waals surface area contributed by atoms with Crippen LogP contribution in [0.3, 0.4) is 0 Å². The lowest BCUT2D eigenvalue weighted by atomic mass is 10.1. The number of benzene rings is 1. The van der Waals surface area contributed by atoms with E-state index in [0.717, 1.165) is 25.9 Å². The monoisotopic (exact) mass is 346 g/mol. The van der Waals surface area contributed by atoms with Gasteiger partial charge in [0.25, 0.3) is 11.8 Å². The molecule has 0 aromatic heterocycles. The molecule has 0 spiro atoms. The molecule has 1 aromatic carbocycles. The van der Waals surface area contributed by atoms with Crippen molar-refractivity contribution >= 4 is 17.5 Å². The minimum atomic E-state index is -0.536. The van der Waals surface area contributed by atoms with E-state index in [9.17, 15) is 9.59 Å². The van der Waals surface area contributed by atoms with Gasteiger partial charge in [-0.25, -0.2) is 0 Å². The highest BCUT2D eigenvalue weighted by molar-refractivity contribution is 5.96. The van der Waals surface area contributed by atoms with E-state index in [4.69, 9.17) is 4.74 Å². The molecule has 0 saturated carbocycles. The molecular weight excluding hydrogens is 316 g/mol. The number of rotatable bonds is 11. The molecule has 0 aliphatic heterocycles. The zero-order valence-corrected chi connectivity index (χ0v) is 15.6. The van der Waals surface area contributed by atoms with Crippen LogP contribution in [-0.4, -0.2) is 42.5 Å². The summed E-state index contributed by atoms with van der Waals surface area (Å²) in [4.78, 5) is 26.5. The maximum Gasteiger partial charge on any atom is 0.253 e. The maximum absolute atomic E-state index is 12.5. The largest absolute Gasteiger partial charge is 0.368 e. The minimum Gasteiger partial charge on any atom is -0.368 e. The first-order valence-electron chi connectivity index (χ1n) is 8.96. The van der Waals surface area contributed by atoms with Gasteiger partial charge in [-0.2, -0.15) is 0 Å². The number of nitrogens with zero attached hydrogens (tertiary/aromatic N) is 1. The Labute approximate surface area is 151 Å². The summed E-state index contributed by atoms with van der Waals surface area (Å²) < 4.78 is 5.42. The first-order valence-corrected chi connectivity index (χ1v) is 8.96. The van der Waals surface area contributed by atoms with E-state index in [-0.39, 0.29) is 11.8 Å². The fraction of sp³-hybridized carbons (Fsp3) is 0.500. The van der Waals surface area contributed by atoms with Gasteiger partial charge in [0.1, 0.15) is 6.10 Å². The molecule has 0 fully saturated rings. The van der Waals surface area contributed by atoms with Crippen molar-refractivity contribution in [3.05, 3.63) is 42.5 Å². The number of ether oxygens (including phenoxy) is 1. The Kier molecular flexibility index (Phi) is 9.55. The second kappa shape index (κ2) is 11.4. The summed E-state index contributed by atoms with van der Waals surface area (Å²) in [5.41, 5.74) is 1.29. The summed E-state index contributed by atoms with van der Waals surface area (Å²) in [7, 11) is 0. The average molecular weight is 346 g/mol. The lowest BCUT2D eigenvalue weighted by Gasteiger charge is -2.21. The summed E-state index contributed by atoms with van der Waals surface area (Å²) >= 11 is 0. The van der Waals surface area contributed by atoms with Crippen molar-refractivity contribution in [3.63, 3.8) is 0 Å². The fourth-order valence-electron chi connectivity index (χ4n) is 2.38. The highest BCUT2D eigenvalue weighted by Crippen LogP contribution is 2.13. The van der Waals surface area contributed by atoms with Gasteiger partial charge in [-0.1, -0.05) is 19.9 Å². The molecule has 0 heterocycles. The SMILES string of the molecule is C=CCCOC(C)C(=O)Nc1ccc(C(=O)N(CCC)CCC)cc1. The standard InChI is InChI=1S/C20H30N2O3/c1-5-8-15-25-16(4)19(23)21-18-11-9-17(10-12-18)20(24)22(13-6-2)14-7-3/h5,9-12,16H,1,6-8,13-15H2,2-4H3,(H,21,23).